The molecule has 1 saturated heterocycles. The Kier molecular flexibility index (Phi) is 6.68. The van der Waals surface area contributed by atoms with Crippen molar-refractivity contribution in [3.8, 4) is 0 Å². The molecule has 0 spiro atoms. The molecule has 0 unspecified atom stereocenters. The Balaban J connectivity index is 1.58. The van der Waals surface area contributed by atoms with Crippen LogP contribution in [0.1, 0.15) is 77.0 Å². The van der Waals surface area contributed by atoms with Crippen molar-refractivity contribution in [1.82, 2.24) is 9.47 Å². The molecule has 5 nitrogen and oxygen atoms in total. The van der Waals surface area contributed by atoms with Gasteiger partial charge in [-0.15, -0.1) is 0 Å². The van der Waals surface area contributed by atoms with E-state index in [-0.39, 0.29) is 11.5 Å². The first-order valence-electron chi connectivity index (χ1n) is 12.5. The van der Waals surface area contributed by atoms with Crippen LogP contribution in [0.5, 0.6) is 0 Å². The molecule has 1 amide bonds. The van der Waals surface area contributed by atoms with Crippen LogP contribution in [-0.4, -0.2) is 34.3 Å². The number of carbonyl (C=O) groups excluding carboxylic acids is 1. The van der Waals surface area contributed by atoms with Crippen molar-refractivity contribution in [2.75, 3.05) is 13.1 Å². The van der Waals surface area contributed by atoms with E-state index in [0.717, 1.165) is 24.9 Å². The van der Waals surface area contributed by atoms with Crippen molar-refractivity contribution in [2.45, 2.75) is 77.9 Å². The summed E-state index contributed by atoms with van der Waals surface area (Å²) in [6.45, 7) is 22.0. The molecule has 2 heterocycles. The number of likely N-dealkylation sites (tertiary alicyclic amines) is 1. The molecule has 0 aliphatic carbocycles. The van der Waals surface area contributed by atoms with E-state index in [1.54, 1.807) is 0 Å². The highest BCUT2D eigenvalue weighted by atomic mass is 16.6. The second kappa shape index (κ2) is 9.41. The van der Waals surface area contributed by atoms with Gasteiger partial charge in [0.15, 0.2) is 5.69 Å². The summed E-state index contributed by atoms with van der Waals surface area (Å²) in [6, 6.07) is 14.9. The first kappa shape index (κ1) is 24.9. The van der Waals surface area contributed by atoms with E-state index < -0.39 is 5.60 Å². The molecule has 184 valence electrons. The Morgan fingerprint density at radius 3 is 2.26 bits per heavy atom. The molecule has 4 rings (SSSR count). The van der Waals surface area contributed by atoms with Crippen LogP contribution in [-0.2, 0) is 16.7 Å². The lowest BCUT2D eigenvalue weighted by atomic mass is 9.87. The molecule has 1 aromatic heterocycles. The van der Waals surface area contributed by atoms with Crippen LogP contribution in [0.2, 0.25) is 0 Å². The maximum Gasteiger partial charge on any atom is 0.410 e. The Bertz CT molecular complexity index is 1240. The van der Waals surface area contributed by atoms with E-state index >= 15 is 0 Å². The standard InChI is InChI=1S/C30H37N3O2/c1-29(2,3)23-10-8-21(9-11-23)19-33-20-26(25-13-12-24(31-7)18-27(25)33)22-14-16-32(17-15-22)28(34)35-30(4,5)6/h8-13,18,20,22H,14-17,19H2,1-6H3. The van der Waals surface area contributed by atoms with Crippen molar-refractivity contribution < 1.29 is 9.53 Å². The van der Waals surface area contributed by atoms with E-state index in [2.05, 4.69) is 66.7 Å². The highest BCUT2D eigenvalue weighted by molar-refractivity contribution is 5.87. The number of hydrogen-bond donors (Lipinski definition) is 0. The number of aromatic nitrogens is 1. The fourth-order valence-electron chi connectivity index (χ4n) is 4.84. The lowest BCUT2D eigenvalue weighted by Gasteiger charge is -2.33. The van der Waals surface area contributed by atoms with Crippen LogP contribution in [0.4, 0.5) is 10.5 Å². The Morgan fingerprint density at radius 2 is 1.69 bits per heavy atom. The monoisotopic (exact) mass is 471 g/mol. The summed E-state index contributed by atoms with van der Waals surface area (Å²) in [7, 11) is 0. The molecule has 0 saturated carbocycles. The number of rotatable bonds is 3. The predicted octanol–water partition coefficient (Wildman–Crippen LogP) is 7.65. The van der Waals surface area contributed by atoms with Crippen LogP contribution >= 0.6 is 0 Å². The molecule has 2 aromatic carbocycles. The van der Waals surface area contributed by atoms with Crippen LogP contribution < -0.4 is 0 Å². The molecule has 0 atom stereocenters. The molecule has 0 radical (unpaired) electrons. The van der Waals surface area contributed by atoms with Gasteiger partial charge in [0, 0.05) is 36.7 Å². The third kappa shape index (κ3) is 5.70. The van der Waals surface area contributed by atoms with Gasteiger partial charge in [0.05, 0.1) is 6.57 Å². The number of hydrogen-bond acceptors (Lipinski definition) is 2. The summed E-state index contributed by atoms with van der Waals surface area (Å²) in [5.41, 5.74) is 5.29. The first-order chi connectivity index (χ1) is 16.4. The number of nitrogens with zero attached hydrogens (tertiary/aromatic N) is 3. The van der Waals surface area contributed by atoms with Crippen molar-refractivity contribution in [3.63, 3.8) is 0 Å². The van der Waals surface area contributed by atoms with Crippen molar-refractivity contribution in [3.05, 3.63) is 76.8 Å². The Morgan fingerprint density at radius 1 is 1.03 bits per heavy atom. The van der Waals surface area contributed by atoms with Gasteiger partial charge in [-0.05, 0) is 67.7 Å². The van der Waals surface area contributed by atoms with Crippen molar-refractivity contribution in [2.24, 2.45) is 0 Å². The normalized spacial score (nSPS) is 15.3. The highest BCUT2D eigenvalue weighted by Crippen LogP contribution is 2.36. The number of benzene rings is 2. The van der Waals surface area contributed by atoms with Crippen LogP contribution in [0.25, 0.3) is 15.7 Å². The van der Waals surface area contributed by atoms with Gasteiger partial charge < -0.3 is 14.2 Å². The number of ether oxygens (including phenoxy) is 1. The number of piperidine rings is 1. The van der Waals surface area contributed by atoms with Crippen molar-refractivity contribution >= 4 is 22.7 Å². The summed E-state index contributed by atoms with van der Waals surface area (Å²) in [5, 5.41) is 1.21. The third-order valence-corrected chi connectivity index (χ3v) is 6.79. The van der Waals surface area contributed by atoms with Gasteiger partial charge in [-0.2, -0.15) is 0 Å². The van der Waals surface area contributed by atoms with E-state index in [4.69, 9.17) is 11.3 Å². The largest absolute Gasteiger partial charge is 0.444 e. The SMILES string of the molecule is [C-]#[N+]c1ccc2c(C3CCN(C(=O)OC(C)(C)C)CC3)cn(Cc3ccc(C(C)(C)C)cc3)c2c1. The second-order valence-electron chi connectivity index (χ2n) is 11.7. The topological polar surface area (TPSA) is 38.8 Å². The summed E-state index contributed by atoms with van der Waals surface area (Å²) in [6.07, 6.45) is 3.86. The lowest BCUT2D eigenvalue weighted by molar-refractivity contribution is 0.0205. The molecule has 3 aromatic rings. The van der Waals surface area contributed by atoms with Gasteiger partial charge in [0.25, 0.3) is 0 Å². The molecular formula is C30H37N3O2. The van der Waals surface area contributed by atoms with Crippen LogP contribution in [0.15, 0.2) is 48.7 Å². The molecule has 5 heteroatoms. The average molecular weight is 472 g/mol. The molecule has 0 N–H and O–H groups in total. The van der Waals surface area contributed by atoms with E-state index in [1.807, 2.05) is 37.8 Å². The minimum atomic E-state index is -0.479. The van der Waals surface area contributed by atoms with E-state index in [9.17, 15) is 4.79 Å². The molecule has 1 fully saturated rings. The fraction of sp³-hybridized carbons (Fsp3) is 0.467. The Labute approximate surface area is 209 Å². The maximum atomic E-state index is 12.5. The first-order valence-corrected chi connectivity index (χ1v) is 12.5. The minimum Gasteiger partial charge on any atom is -0.444 e. The minimum absolute atomic E-state index is 0.130. The molecule has 1 aliphatic rings. The number of carbonyl (C=O) groups is 1. The summed E-state index contributed by atoms with van der Waals surface area (Å²) < 4.78 is 7.85. The zero-order chi connectivity index (χ0) is 25.4. The highest BCUT2D eigenvalue weighted by Gasteiger charge is 2.29. The van der Waals surface area contributed by atoms with E-state index in [1.165, 1.54) is 22.1 Å². The van der Waals surface area contributed by atoms with Gasteiger partial charge in [-0.25, -0.2) is 9.64 Å². The van der Waals surface area contributed by atoms with Crippen molar-refractivity contribution in [1.29, 1.82) is 0 Å². The van der Waals surface area contributed by atoms with E-state index in [0.29, 0.717) is 24.7 Å². The number of fused-ring (bicyclic) bond motifs is 1. The van der Waals surface area contributed by atoms with Crippen LogP contribution in [0, 0.1) is 6.57 Å². The van der Waals surface area contributed by atoms with Gasteiger partial charge >= 0.3 is 6.09 Å². The maximum absolute atomic E-state index is 12.5. The zero-order valence-corrected chi connectivity index (χ0v) is 21.9. The van der Waals surface area contributed by atoms with Crippen LogP contribution in [0.3, 0.4) is 0 Å². The van der Waals surface area contributed by atoms with Gasteiger partial charge in [0.1, 0.15) is 5.60 Å². The fourth-order valence-corrected chi connectivity index (χ4v) is 4.84. The lowest BCUT2D eigenvalue weighted by Crippen LogP contribution is -2.41. The Hall–Kier alpha value is -3.26. The molecule has 1 aliphatic heterocycles. The van der Waals surface area contributed by atoms with Gasteiger partial charge in [-0.3, -0.25) is 0 Å². The summed E-state index contributed by atoms with van der Waals surface area (Å²) in [5.74, 6) is 0.375. The second-order valence-corrected chi connectivity index (χ2v) is 11.7. The quantitative estimate of drug-likeness (QED) is 0.368. The average Bonchev–Trinajstić information content (AvgIpc) is 3.15. The molecule has 0 bridgehead atoms. The third-order valence-electron chi connectivity index (χ3n) is 6.79. The summed E-state index contributed by atoms with van der Waals surface area (Å²) in [4.78, 5) is 18.0. The number of amides is 1. The smallest absolute Gasteiger partial charge is 0.410 e. The molecule has 35 heavy (non-hydrogen) atoms. The van der Waals surface area contributed by atoms with Gasteiger partial charge in [-0.1, -0.05) is 57.2 Å². The van der Waals surface area contributed by atoms with Gasteiger partial charge in [0.2, 0.25) is 0 Å². The summed E-state index contributed by atoms with van der Waals surface area (Å²) >= 11 is 0. The molecular weight excluding hydrogens is 434 g/mol. The zero-order valence-electron chi connectivity index (χ0n) is 21.9. The predicted molar refractivity (Wildman–Crippen MR) is 142 cm³/mol.